The smallest absolute Gasteiger partial charge is 0.338 e. The van der Waals surface area contributed by atoms with Gasteiger partial charge in [-0.25, -0.2) is 4.79 Å². The Balaban J connectivity index is 2.24. The van der Waals surface area contributed by atoms with E-state index in [9.17, 15) is 9.59 Å². The molecular formula is C21H36O3. The standard InChI is InChI=1S/C21H36O3/c22-20-18-16-14-12-10-8-6-4-2-1-3-5-7-9-11-13-15-17-19-21(23)24-20/h16,18H,1-15,17,19H2/b18-16-. The summed E-state index contributed by atoms with van der Waals surface area (Å²) in [6, 6.07) is 0. The molecule has 0 bridgehead atoms. The Hall–Kier alpha value is -1.12. The van der Waals surface area contributed by atoms with Gasteiger partial charge in [0.15, 0.2) is 0 Å². The number of carbonyl (C=O) groups excluding carboxylic acids is 2. The molecule has 3 heteroatoms. The molecule has 1 rings (SSSR count). The summed E-state index contributed by atoms with van der Waals surface area (Å²) >= 11 is 0. The molecule has 0 aromatic heterocycles. The molecular weight excluding hydrogens is 300 g/mol. The molecule has 1 aliphatic heterocycles. The lowest BCUT2D eigenvalue weighted by Crippen LogP contribution is -2.09. The lowest BCUT2D eigenvalue weighted by atomic mass is 10.0. The minimum Gasteiger partial charge on any atom is -0.390 e. The fraction of sp³-hybridized carbons (Fsp3) is 0.810. The second-order valence-corrected chi connectivity index (χ2v) is 7.04. The molecule has 0 fully saturated rings. The van der Waals surface area contributed by atoms with Crippen LogP contribution in [0.5, 0.6) is 0 Å². The van der Waals surface area contributed by atoms with Crippen molar-refractivity contribution in [1.29, 1.82) is 0 Å². The van der Waals surface area contributed by atoms with Crippen LogP contribution < -0.4 is 0 Å². The molecule has 0 radical (unpaired) electrons. The normalized spacial score (nSPS) is 23.5. The van der Waals surface area contributed by atoms with Gasteiger partial charge in [0.05, 0.1) is 0 Å². The maximum absolute atomic E-state index is 11.6. The van der Waals surface area contributed by atoms with Gasteiger partial charge in [0, 0.05) is 12.5 Å². The quantitative estimate of drug-likeness (QED) is 0.387. The minimum atomic E-state index is -0.512. The number of allylic oxidation sites excluding steroid dienone is 1. The van der Waals surface area contributed by atoms with Crippen molar-refractivity contribution in [3.05, 3.63) is 12.2 Å². The van der Waals surface area contributed by atoms with Crippen LogP contribution in [-0.2, 0) is 14.3 Å². The molecule has 0 amide bonds. The molecule has 0 saturated heterocycles. The largest absolute Gasteiger partial charge is 0.390 e. The third-order valence-electron chi connectivity index (χ3n) is 4.72. The summed E-state index contributed by atoms with van der Waals surface area (Å²) in [5.41, 5.74) is 0. The Bertz CT molecular complexity index is 360. The van der Waals surface area contributed by atoms with Gasteiger partial charge in [-0.3, -0.25) is 4.79 Å². The molecule has 1 aliphatic rings. The molecule has 0 saturated carbocycles. The highest BCUT2D eigenvalue weighted by molar-refractivity contribution is 5.91. The van der Waals surface area contributed by atoms with Crippen molar-refractivity contribution in [1.82, 2.24) is 0 Å². The van der Waals surface area contributed by atoms with E-state index >= 15 is 0 Å². The van der Waals surface area contributed by atoms with E-state index in [-0.39, 0.29) is 5.97 Å². The lowest BCUT2D eigenvalue weighted by molar-refractivity contribution is -0.156. The second kappa shape index (κ2) is 15.4. The van der Waals surface area contributed by atoms with Crippen LogP contribution >= 0.6 is 0 Å². The zero-order chi connectivity index (χ0) is 17.3. The summed E-state index contributed by atoms with van der Waals surface area (Å²) in [5.74, 6) is -0.895. The van der Waals surface area contributed by atoms with Gasteiger partial charge in [0.2, 0.25) is 0 Å². The summed E-state index contributed by atoms with van der Waals surface area (Å²) in [6.45, 7) is 0. The molecule has 3 nitrogen and oxygen atoms in total. The number of cyclic esters (lactones) is 2. The van der Waals surface area contributed by atoms with Gasteiger partial charge in [0.25, 0.3) is 0 Å². The molecule has 1 heterocycles. The fourth-order valence-corrected chi connectivity index (χ4v) is 3.21. The van der Waals surface area contributed by atoms with Crippen molar-refractivity contribution in [3.8, 4) is 0 Å². The van der Waals surface area contributed by atoms with Crippen molar-refractivity contribution in [3.63, 3.8) is 0 Å². The van der Waals surface area contributed by atoms with Crippen LogP contribution in [-0.4, -0.2) is 11.9 Å². The highest BCUT2D eigenvalue weighted by atomic mass is 16.6. The van der Waals surface area contributed by atoms with E-state index in [1.54, 1.807) is 0 Å². The average molecular weight is 337 g/mol. The third-order valence-corrected chi connectivity index (χ3v) is 4.72. The highest BCUT2D eigenvalue weighted by Gasteiger charge is 2.07. The summed E-state index contributed by atoms with van der Waals surface area (Å²) < 4.78 is 4.80. The van der Waals surface area contributed by atoms with E-state index in [2.05, 4.69) is 0 Å². The SMILES string of the molecule is O=C1/C=C\CCCCCCCCCCCCCCCCCC(=O)O1. The van der Waals surface area contributed by atoms with Gasteiger partial charge in [-0.2, -0.15) is 0 Å². The number of hydrogen-bond acceptors (Lipinski definition) is 3. The van der Waals surface area contributed by atoms with Crippen LogP contribution in [0, 0.1) is 0 Å². The van der Waals surface area contributed by atoms with E-state index < -0.39 is 5.97 Å². The maximum atomic E-state index is 11.6. The summed E-state index contributed by atoms with van der Waals surface area (Å²) in [6.07, 6.45) is 23.4. The Kier molecular flexibility index (Phi) is 13.4. The van der Waals surface area contributed by atoms with Gasteiger partial charge in [-0.15, -0.1) is 0 Å². The van der Waals surface area contributed by atoms with Crippen LogP contribution in [0.4, 0.5) is 0 Å². The summed E-state index contributed by atoms with van der Waals surface area (Å²) in [5, 5.41) is 0. The van der Waals surface area contributed by atoms with Gasteiger partial charge >= 0.3 is 11.9 Å². The van der Waals surface area contributed by atoms with Gasteiger partial charge < -0.3 is 4.74 Å². The molecule has 138 valence electrons. The molecule has 0 aromatic carbocycles. The number of rotatable bonds is 0. The van der Waals surface area contributed by atoms with Crippen LogP contribution in [0.15, 0.2) is 12.2 Å². The van der Waals surface area contributed by atoms with Crippen molar-refractivity contribution in [2.75, 3.05) is 0 Å². The first kappa shape index (κ1) is 20.9. The van der Waals surface area contributed by atoms with Crippen LogP contribution in [0.2, 0.25) is 0 Å². The molecule has 0 atom stereocenters. The van der Waals surface area contributed by atoms with E-state index in [1.165, 1.54) is 83.1 Å². The Morgan fingerprint density at radius 3 is 1.50 bits per heavy atom. The van der Waals surface area contributed by atoms with Gasteiger partial charge in [-0.05, 0) is 19.3 Å². The lowest BCUT2D eigenvalue weighted by Gasteiger charge is -2.04. The predicted octanol–water partition coefficient (Wildman–Crippen LogP) is 6.26. The molecule has 0 unspecified atom stereocenters. The van der Waals surface area contributed by atoms with E-state index in [1.807, 2.05) is 6.08 Å². The first-order valence-corrected chi connectivity index (χ1v) is 10.2. The number of carbonyl (C=O) groups is 2. The highest BCUT2D eigenvalue weighted by Crippen LogP contribution is 2.14. The minimum absolute atomic E-state index is 0.361. The predicted molar refractivity (Wildman–Crippen MR) is 98.7 cm³/mol. The summed E-state index contributed by atoms with van der Waals surface area (Å²) in [4.78, 5) is 23.1. The number of hydrogen-bond donors (Lipinski definition) is 0. The van der Waals surface area contributed by atoms with Gasteiger partial charge in [0.1, 0.15) is 0 Å². The van der Waals surface area contributed by atoms with Crippen molar-refractivity contribution in [2.24, 2.45) is 0 Å². The van der Waals surface area contributed by atoms with Crippen LogP contribution in [0.1, 0.15) is 109 Å². The van der Waals surface area contributed by atoms with E-state index in [0.29, 0.717) is 6.42 Å². The Morgan fingerprint density at radius 2 is 1.00 bits per heavy atom. The van der Waals surface area contributed by atoms with Crippen molar-refractivity contribution in [2.45, 2.75) is 109 Å². The topological polar surface area (TPSA) is 43.4 Å². The number of esters is 2. The zero-order valence-electron chi connectivity index (χ0n) is 15.4. The monoisotopic (exact) mass is 336 g/mol. The van der Waals surface area contributed by atoms with Crippen LogP contribution in [0.3, 0.4) is 0 Å². The maximum Gasteiger partial charge on any atom is 0.338 e. The average Bonchev–Trinajstić information content (AvgIpc) is 2.56. The zero-order valence-corrected chi connectivity index (χ0v) is 15.4. The van der Waals surface area contributed by atoms with E-state index in [4.69, 9.17) is 4.74 Å². The van der Waals surface area contributed by atoms with Gasteiger partial charge in [-0.1, -0.05) is 89.5 Å². The molecule has 0 aliphatic carbocycles. The summed E-state index contributed by atoms with van der Waals surface area (Å²) in [7, 11) is 0. The Labute approximate surface area is 148 Å². The fourth-order valence-electron chi connectivity index (χ4n) is 3.21. The second-order valence-electron chi connectivity index (χ2n) is 7.04. The molecule has 0 N–H and O–H groups in total. The van der Waals surface area contributed by atoms with E-state index in [0.717, 1.165) is 25.7 Å². The molecule has 0 aromatic rings. The number of ether oxygens (including phenoxy) is 1. The third kappa shape index (κ3) is 13.3. The van der Waals surface area contributed by atoms with Crippen molar-refractivity contribution < 1.29 is 14.3 Å². The molecule has 24 heavy (non-hydrogen) atoms. The molecule has 0 spiro atoms. The van der Waals surface area contributed by atoms with Crippen LogP contribution in [0.25, 0.3) is 0 Å². The first-order chi connectivity index (χ1) is 11.8. The van der Waals surface area contributed by atoms with Crippen molar-refractivity contribution >= 4 is 11.9 Å². The first-order valence-electron chi connectivity index (χ1n) is 10.2. The Morgan fingerprint density at radius 1 is 0.583 bits per heavy atom.